The molecule has 4 aliphatic rings. The lowest BCUT2D eigenvalue weighted by Crippen LogP contribution is -2.61. The van der Waals surface area contributed by atoms with Gasteiger partial charge in [-0.1, -0.05) is 91.8 Å². The normalized spacial score (nSPS) is 34.9. The minimum Gasteiger partial charge on any atom is -0.460 e. The molecule has 2 saturated heterocycles. The molecule has 2 N–H and O–H groups in total. The van der Waals surface area contributed by atoms with Crippen molar-refractivity contribution in [3.63, 3.8) is 0 Å². The van der Waals surface area contributed by atoms with Crippen LogP contribution in [0.15, 0.2) is 47.6 Å². The molecule has 0 aromatic carbocycles. The van der Waals surface area contributed by atoms with E-state index >= 15 is 0 Å². The molecule has 15 nitrogen and oxygen atoms in total. The molecule has 0 aromatic heterocycles. The summed E-state index contributed by atoms with van der Waals surface area (Å²) in [5, 5.41) is 22.6. The molecule has 1 amide bonds. The number of ether oxygens (including phenoxy) is 6. The quantitative estimate of drug-likeness (QED) is 0.0654. The molecule has 4 rings (SSSR count). The lowest BCUT2D eigenvalue weighted by Gasteiger charge is -2.42. The van der Waals surface area contributed by atoms with Gasteiger partial charge in [-0.25, -0.2) is 4.79 Å². The van der Waals surface area contributed by atoms with Crippen molar-refractivity contribution in [2.45, 2.75) is 219 Å². The Hall–Kier alpha value is -3.19. The van der Waals surface area contributed by atoms with Gasteiger partial charge in [-0.15, -0.1) is 0 Å². The number of allylic oxidation sites excluding steroid dienone is 6. The summed E-state index contributed by atoms with van der Waals surface area (Å²) in [6, 6.07) is -1.14. The molecule has 3 heterocycles. The number of hydrogen-bond donors (Lipinski definition) is 2. The van der Waals surface area contributed by atoms with E-state index in [1.165, 1.54) is 12.0 Å². The lowest BCUT2D eigenvalue weighted by atomic mass is 9.78. The molecule has 3 aliphatic heterocycles. The number of piperidine rings is 1. The van der Waals surface area contributed by atoms with Crippen LogP contribution < -0.4 is 0 Å². The number of aliphatic hydroxyl groups excluding tert-OH is 1. The summed E-state index contributed by atoms with van der Waals surface area (Å²) in [4.78, 5) is 73.6. The minimum atomic E-state index is -2.43. The summed E-state index contributed by atoms with van der Waals surface area (Å²) in [6.45, 7) is 24.6. The SMILES string of the molecule is CO[C@H]1CC2CC[C@@H](C)C(O)(O2)C(=O)C(=O)N2CCCC[C@H]2C(=O)OC([C@H](C)C[C@@H]2CC[C@@H](O)[C@H](OC)C2)CC(=O)[C@H](C)C=C(C)[C@@H](OCCO[Si](C)(C)C(C)(C)C)[C@@H](OC)C(=O)[C@H](C)C[C@H](C)C=CC=CC=C1C. The number of aliphatic hydroxyl groups is 2. The van der Waals surface area contributed by atoms with Gasteiger partial charge in [-0.05, 0) is 125 Å². The summed E-state index contributed by atoms with van der Waals surface area (Å²) in [5.74, 6) is -7.66. The van der Waals surface area contributed by atoms with Crippen LogP contribution in [0.4, 0.5) is 0 Å². The monoisotopic (exact) mass is 1070 g/mol. The molecule has 16 heteroatoms. The summed E-state index contributed by atoms with van der Waals surface area (Å²) in [5.41, 5.74) is 1.52. The molecular weight excluding hydrogens is 975 g/mol. The Bertz CT molecular complexity index is 2030. The molecule has 2 bridgehead atoms. The predicted octanol–water partition coefficient (Wildman–Crippen LogP) is 9.23. The number of ketones is 3. The van der Waals surface area contributed by atoms with Gasteiger partial charge in [0.1, 0.15) is 30.1 Å². The highest BCUT2D eigenvalue weighted by atomic mass is 28.4. The van der Waals surface area contributed by atoms with Crippen molar-refractivity contribution in [2.75, 3.05) is 41.1 Å². The highest BCUT2D eigenvalue weighted by Gasteiger charge is 2.53. The molecule has 1 saturated carbocycles. The van der Waals surface area contributed by atoms with Crippen LogP contribution in [0.1, 0.15) is 146 Å². The Morgan fingerprint density at radius 3 is 2.20 bits per heavy atom. The second-order valence-electron chi connectivity index (χ2n) is 24.0. The molecule has 75 heavy (non-hydrogen) atoms. The Labute approximate surface area is 451 Å². The largest absolute Gasteiger partial charge is 0.460 e. The van der Waals surface area contributed by atoms with Crippen LogP contribution in [-0.2, 0) is 56.8 Å². The van der Waals surface area contributed by atoms with Gasteiger partial charge in [0, 0.05) is 58.5 Å². The highest BCUT2D eigenvalue weighted by Crippen LogP contribution is 2.39. The zero-order valence-electron chi connectivity index (χ0n) is 48.4. The van der Waals surface area contributed by atoms with Crippen LogP contribution in [0.3, 0.4) is 0 Å². The molecule has 0 radical (unpaired) electrons. The van der Waals surface area contributed by atoms with Crippen molar-refractivity contribution < 1.29 is 67.0 Å². The van der Waals surface area contributed by atoms with Crippen molar-refractivity contribution in [1.82, 2.24) is 4.90 Å². The molecule has 0 spiro atoms. The third kappa shape index (κ3) is 17.7. The number of fused-ring (bicyclic) bond motifs is 3. The molecular formula is C59H97NO14Si. The van der Waals surface area contributed by atoms with Gasteiger partial charge in [-0.2, -0.15) is 0 Å². The van der Waals surface area contributed by atoms with Gasteiger partial charge in [0.05, 0.1) is 37.6 Å². The number of methoxy groups -OCH3 is 3. The number of rotatable bonds is 11. The van der Waals surface area contributed by atoms with E-state index in [0.717, 1.165) is 12.0 Å². The fraction of sp³-hybridized carbons (Fsp3) is 0.780. The number of esters is 1. The Kier molecular flexibility index (Phi) is 25.0. The van der Waals surface area contributed by atoms with Gasteiger partial charge in [0.15, 0.2) is 14.1 Å². The van der Waals surface area contributed by atoms with Crippen LogP contribution in [-0.4, -0.2) is 148 Å². The fourth-order valence-corrected chi connectivity index (χ4v) is 12.0. The van der Waals surface area contributed by atoms with E-state index in [2.05, 4.69) is 40.8 Å². The van der Waals surface area contributed by atoms with Gasteiger partial charge < -0.3 is 48.0 Å². The Morgan fingerprint density at radius 1 is 0.840 bits per heavy atom. The van der Waals surface area contributed by atoms with Crippen molar-refractivity contribution in [1.29, 1.82) is 0 Å². The zero-order chi connectivity index (χ0) is 56.0. The van der Waals surface area contributed by atoms with E-state index in [1.807, 2.05) is 58.1 Å². The molecule has 1 aliphatic carbocycles. The first kappa shape index (κ1) is 64.3. The van der Waals surface area contributed by atoms with E-state index in [0.29, 0.717) is 70.0 Å². The summed E-state index contributed by atoms with van der Waals surface area (Å²) >= 11 is 0. The first-order valence-electron chi connectivity index (χ1n) is 27.9. The van der Waals surface area contributed by atoms with E-state index in [4.69, 9.17) is 32.8 Å². The number of cyclic esters (lactones) is 1. The van der Waals surface area contributed by atoms with E-state index in [-0.39, 0.29) is 66.5 Å². The maximum Gasteiger partial charge on any atom is 0.329 e. The first-order valence-corrected chi connectivity index (χ1v) is 30.8. The van der Waals surface area contributed by atoms with Gasteiger partial charge >= 0.3 is 5.97 Å². The van der Waals surface area contributed by atoms with E-state index in [9.17, 15) is 34.2 Å². The molecule has 3 fully saturated rings. The van der Waals surface area contributed by atoms with Gasteiger partial charge in [0.2, 0.25) is 5.79 Å². The van der Waals surface area contributed by atoms with Crippen molar-refractivity contribution in [3.8, 4) is 0 Å². The second kappa shape index (κ2) is 29.1. The number of hydrogen-bond acceptors (Lipinski definition) is 14. The van der Waals surface area contributed by atoms with Crippen molar-refractivity contribution in [2.24, 2.45) is 35.5 Å². The Balaban J connectivity index is 1.76. The zero-order valence-corrected chi connectivity index (χ0v) is 49.4. The maximum atomic E-state index is 14.6. The fourth-order valence-electron chi connectivity index (χ4n) is 11.0. The Morgan fingerprint density at radius 2 is 1.55 bits per heavy atom. The van der Waals surface area contributed by atoms with Crippen molar-refractivity contribution in [3.05, 3.63) is 47.6 Å². The maximum absolute atomic E-state index is 14.6. The molecule has 3 unspecified atom stereocenters. The van der Waals surface area contributed by atoms with Crippen LogP contribution in [0.25, 0.3) is 0 Å². The van der Waals surface area contributed by atoms with Crippen LogP contribution in [0.5, 0.6) is 0 Å². The summed E-state index contributed by atoms with van der Waals surface area (Å²) in [6.07, 6.45) is 12.3. The van der Waals surface area contributed by atoms with Crippen LogP contribution in [0.2, 0.25) is 18.1 Å². The topological polar surface area (TPSA) is 194 Å². The van der Waals surface area contributed by atoms with Crippen LogP contribution in [0, 0.1) is 35.5 Å². The number of amides is 1. The van der Waals surface area contributed by atoms with Gasteiger partial charge in [-0.3, -0.25) is 19.2 Å². The second-order valence-corrected chi connectivity index (χ2v) is 28.9. The smallest absolute Gasteiger partial charge is 0.329 e. The number of carbonyl (C=O) groups is 5. The van der Waals surface area contributed by atoms with Crippen molar-refractivity contribution >= 4 is 37.5 Å². The minimum absolute atomic E-state index is 0.0213. The third-order valence-electron chi connectivity index (χ3n) is 17.1. The lowest BCUT2D eigenvalue weighted by molar-refractivity contribution is -0.265. The average Bonchev–Trinajstić information content (AvgIpc) is 3.36. The highest BCUT2D eigenvalue weighted by molar-refractivity contribution is 6.74. The van der Waals surface area contributed by atoms with E-state index in [1.54, 1.807) is 34.1 Å². The average molecular weight is 1070 g/mol. The molecule has 15 atom stereocenters. The van der Waals surface area contributed by atoms with Crippen LogP contribution >= 0.6 is 0 Å². The summed E-state index contributed by atoms with van der Waals surface area (Å²) in [7, 11) is 2.55. The third-order valence-corrected chi connectivity index (χ3v) is 21.6. The predicted molar refractivity (Wildman–Crippen MR) is 292 cm³/mol. The first-order chi connectivity index (χ1) is 35.2. The standard InChI is InChI=1S/C59H97NO14Si/c1-37-21-17-16-18-22-38(2)49(68-11)35-45-26-24-43(7)59(67,74-45)55(64)56(65)60-28-20-19-23-46(60)57(66)73-50(40(4)33-44-25-27-47(61)51(34-44)69-12)36-48(62)39(3)32-42(6)53(54(70-13)52(63)41(5)31-37)71-29-30-72-75(14,15)58(8,9)10/h16-18,21-22,32,37,39-41,43-47,49-51,53-54,61,67H,19-20,23-31,33-36H2,1-15H3/t37-,39-,40-,41-,43-,44+,45?,46+,47-,49+,50?,51-,53-,54+,59?/m1/s1. The summed E-state index contributed by atoms with van der Waals surface area (Å²) < 4.78 is 43.1. The number of Topliss-reactive ketones (excluding diaryl/α,β-unsaturated/α-hetero) is 3. The number of carbonyl (C=O) groups excluding carboxylic acids is 5. The van der Waals surface area contributed by atoms with Gasteiger partial charge in [0.25, 0.3) is 11.7 Å². The number of nitrogens with zero attached hydrogens (tertiary/aromatic N) is 1. The van der Waals surface area contributed by atoms with E-state index < -0.39 is 92.2 Å². The molecule has 426 valence electrons. The molecule has 0 aromatic rings.